The molecule has 0 bridgehead atoms. The highest BCUT2D eigenvalue weighted by Crippen LogP contribution is 2.28. The number of rotatable bonds is 6. The van der Waals surface area contributed by atoms with E-state index < -0.39 is 0 Å². The van der Waals surface area contributed by atoms with E-state index in [0.29, 0.717) is 6.04 Å². The fourth-order valence-corrected chi connectivity index (χ4v) is 2.28. The SMILES string of the molecule is CC1(C)CC(NCCOCC2CC2)CCO1. The van der Waals surface area contributed by atoms with Gasteiger partial charge >= 0.3 is 0 Å². The maximum absolute atomic E-state index is 5.69. The first kappa shape index (κ1) is 12.3. The molecule has 1 saturated carbocycles. The quantitative estimate of drug-likeness (QED) is 0.704. The van der Waals surface area contributed by atoms with Crippen LogP contribution in [0.4, 0.5) is 0 Å². The van der Waals surface area contributed by atoms with Crippen molar-refractivity contribution < 1.29 is 9.47 Å². The molecule has 1 heterocycles. The van der Waals surface area contributed by atoms with Gasteiger partial charge in [-0.3, -0.25) is 0 Å². The summed E-state index contributed by atoms with van der Waals surface area (Å²) in [5.74, 6) is 0.877. The fourth-order valence-electron chi connectivity index (χ4n) is 2.28. The van der Waals surface area contributed by atoms with Gasteiger partial charge in [-0.05, 0) is 45.4 Å². The third-order valence-electron chi connectivity index (χ3n) is 3.43. The van der Waals surface area contributed by atoms with E-state index in [1.807, 2.05) is 0 Å². The predicted molar refractivity (Wildman–Crippen MR) is 64.6 cm³/mol. The number of hydrogen-bond donors (Lipinski definition) is 1. The Morgan fingerprint density at radius 1 is 1.31 bits per heavy atom. The van der Waals surface area contributed by atoms with Crippen molar-refractivity contribution in [1.82, 2.24) is 5.32 Å². The van der Waals surface area contributed by atoms with Gasteiger partial charge in [0, 0.05) is 25.8 Å². The van der Waals surface area contributed by atoms with Crippen LogP contribution in [0.3, 0.4) is 0 Å². The highest BCUT2D eigenvalue weighted by atomic mass is 16.5. The Labute approximate surface area is 98.9 Å². The zero-order chi connectivity index (χ0) is 11.4. The van der Waals surface area contributed by atoms with Crippen LogP contribution in [0.15, 0.2) is 0 Å². The van der Waals surface area contributed by atoms with Gasteiger partial charge in [0.15, 0.2) is 0 Å². The van der Waals surface area contributed by atoms with Crippen molar-refractivity contribution in [1.29, 1.82) is 0 Å². The Bertz CT molecular complexity index is 214. The standard InChI is InChI=1S/C13H25NO2/c1-13(2)9-12(5-7-16-13)14-6-8-15-10-11-3-4-11/h11-12,14H,3-10H2,1-2H3. The van der Waals surface area contributed by atoms with Gasteiger partial charge in [-0.2, -0.15) is 0 Å². The zero-order valence-electron chi connectivity index (χ0n) is 10.6. The van der Waals surface area contributed by atoms with E-state index in [9.17, 15) is 0 Å². The molecule has 2 fully saturated rings. The molecular weight excluding hydrogens is 202 g/mol. The molecule has 3 heteroatoms. The van der Waals surface area contributed by atoms with Gasteiger partial charge in [-0.1, -0.05) is 0 Å². The van der Waals surface area contributed by atoms with Crippen LogP contribution >= 0.6 is 0 Å². The van der Waals surface area contributed by atoms with Gasteiger partial charge in [-0.15, -0.1) is 0 Å². The number of nitrogens with one attached hydrogen (secondary N) is 1. The molecule has 1 unspecified atom stereocenters. The molecular formula is C13H25NO2. The number of hydrogen-bond acceptors (Lipinski definition) is 3. The molecule has 3 nitrogen and oxygen atoms in total. The molecule has 1 aliphatic heterocycles. The van der Waals surface area contributed by atoms with Gasteiger partial charge in [-0.25, -0.2) is 0 Å². The van der Waals surface area contributed by atoms with Crippen LogP contribution in [-0.4, -0.2) is 38.0 Å². The molecule has 0 aromatic heterocycles. The minimum absolute atomic E-state index is 0.0464. The van der Waals surface area contributed by atoms with E-state index in [1.54, 1.807) is 0 Å². The summed E-state index contributed by atoms with van der Waals surface area (Å²) in [4.78, 5) is 0. The second-order valence-electron chi connectivity index (χ2n) is 5.77. The van der Waals surface area contributed by atoms with E-state index in [0.717, 1.165) is 45.1 Å². The van der Waals surface area contributed by atoms with Gasteiger partial charge in [0.1, 0.15) is 0 Å². The minimum Gasteiger partial charge on any atom is -0.380 e. The summed E-state index contributed by atoms with van der Waals surface area (Å²) >= 11 is 0. The fraction of sp³-hybridized carbons (Fsp3) is 1.00. The summed E-state index contributed by atoms with van der Waals surface area (Å²) in [7, 11) is 0. The smallest absolute Gasteiger partial charge is 0.0641 e. The molecule has 0 amide bonds. The summed E-state index contributed by atoms with van der Waals surface area (Å²) in [6, 6.07) is 0.605. The van der Waals surface area contributed by atoms with Crippen molar-refractivity contribution in [2.24, 2.45) is 5.92 Å². The van der Waals surface area contributed by atoms with Crippen molar-refractivity contribution in [3.63, 3.8) is 0 Å². The maximum Gasteiger partial charge on any atom is 0.0641 e. The van der Waals surface area contributed by atoms with Crippen LogP contribution in [-0.2, 0) is 9.47 Å². The Hall–Kier alpha value is -0.120. The first-order valence-electron chi connectivity index (χ1n) is 6.61. The van der Waals surface area contributed by atoms with Gasteiger partial charge in [0.25, 0.3) is 0 Å². The van der Waals surface area contributed by atoms with Crippen molar-refractivity contribution in [2.45, 2.75) is 51.2 Å². The van der Waals surface area contributed by atoms with Crippen molar-refractivity contribution in [3.8, 4) is 0 Å². The molecule has 1 saturated heterocycles. The van der Waals surface area contributed by atoms with Crippen LogP contribution in [0.5, 0.6) is 0 Å². The summed E-state index contributed by atoms with van der Waals surface area (Å²) in [6.07, 6.45) is 4.99. The molecule has 16 heavy (non-hydrogen) atoms. The normalized spacial score (nSPS) is 29.2. The third kappa shape index (κ3) is 4.40. The van der Waals surface area contributed by atoms with Crippen LogP contribution < -0.4 is 5.32 Å². The van der Waals surface area contributed by atoms with E-state index in [4.69, 9.17) is 9.47 Å². The molecule has 0 aromatic carbocycles. The van der Waals surface area contributed by atoms with Gasteiger partial charge < -0.3 is 14.8 Å². The molecule has 0 aromatic rings. The van der Waals surface area contributed by atoms with Crippen LogP contribution in [0.25, 0.3) is 0 Å². The predicted octanol–water partition coefficient (Wildman–Crippen LogP) is 1.96. The highest BCUT2D eigenvalue weighted by Gasteiger charge is 2.28. The first-order chi connectivity index (χ1) is 7.66. The molecule has 0 spiro atoms. The van der Waals surface area contributed by atoms with E-state index in [1.165, 1.54) is 12.8 Å². The van der Waals surface area contributed by atoms with Crippen molar-refractivity contribution >= 4 is 0 Å². The lowest BCUT2D eigenvalue weighted by atomic mass is 9.94. The molecule has 0 radical (unpaired) electrons. The second-order valence-corrected chi connectivity index (χ2v) is 5.77. The largest absolute Gasteiger partial charge is 0.380 e. The summed E-state index contributed by atoms with van der Waals surface area (Å²) in [6.45, 7) is 8.03. The lowest BCUT2D eigenvalue weighted by Gasteiger charge is -2.36. The molecule has 2 rings (SSSR count). The minimum atomic E-state index is 0.0464. The second kappa shape index (κ2) is 5.48. The Balaban J connectivity index is 1.51. The highest BCUT2D eigenvalue weighted by molar-refractivity contribution is 4.82. The topological polar surface area (TPSA) is 30.5 Å². The van der Waals surface area contributed by atoms with E-state index in [-0.39, 0.29) is 5.60 Å². The molecule has 1 N–H and O–H groups in total. The van der Waals surface area contributed by atoms with Gasteiger partial charge in [0.05, 0.1) is 12.2 Å². The molecule has 94 valence electrons. The molecule has 2 aliphatic rings. The van der Waals surface area contributed by atoms with Crippen LogP contribution in [0.1, 0.15) is 39.5 Å². The zero-order valence-corrected chi connectivity index (χ0v) is 10.6. The molecule has 1 aliphatic carbocycles. The van der Waals surface area contributed by atoms with Crippen LogP contribution in [0.2, 0.25) is 0 Å². The summed E-state index contributed by atoms with van der Waals surface area (Å²) in [5, 5.41) is 3.57. The average molecular weight is 227 g/mol. The van der Waals surface area contributed by atoms with E-state index >= 15 is 0 Å². The lowest BCUT2D eigenvalue weighted by Crippen LogP contribution is -2.44. The van der Waals surface area contributed by atoms with Crippen molar-refractivity contribution in [2.75, 3.05) is 26.4 Å². The van der Waals surface area contributed by atoms with Crippen LogP contribution in [0, 0.1) is 5.92 Å². The van der Waals surface area contributed by atoms with Crippen molar-refractivity contribution in [3.05, 3.63) is 0 Å². The first-order valence-corrected chi connectivity index (χ1v) is 6.61. The van der Waals surface area contributed by atoms with Gasteiger partial charge in [0.2, 0.25) is 0 Å². The Morgan fingerprint density at radius 2 is 2.12 bits per heavy atom. The molecule has 1 atom stereocenters. The maximum atomic E-state index is 5.69. The van der Waals surface area contributed by atoms with E-state index in [2.05, 4.69) is 19.2 Å². The Kier molecular flexibility index (Phi) is 4.22. The summed E-state index contributed by atoms with van der Waals surface area (Å²) < 4.78 is 11.3. The monoisotopic (exact) mass is 227 g/mol. The average Bonchev–Trinajstić information content (AvgIpc) is 2.99. The lowest BCUT2D eigenvalue weighted by molar-refractivity contribution is -0.0634. The number of ether oxygens (including phenoxy) is 2. The third-order valence-corrected chi connectivity index (χ3v) is 3.43. The summed E-state index contributed by atoms with van der Waals surface area (Å²) in [5.41, 5.74) is 0.0464. The Morgan fingerprint density at radius 3 is 2.81 bits per heavy atom.